The Balaban J connectivity index is 1.85. The number of imidazole rings is 1. The average molecular weight is 204 g/mol. The molecule has 0 N–H and O–H groups in total. The smallest absolute Gasteiger partial charge is 0.121 e. The van der Waals surface area contributed by atoms with Gasteiger partial charge in [-0.1, -0.05) is 0 Å². The molecule has 1 aliphatic rings. The molecule has 4 nitrogen and oxygen atoms in total. The molecule has 2 heterocycles. The number of aromatic nitrogens is 2. The number of fused-ring (bicyclic) bond motifs is 1. The molecular weight excluding hydrogens is 192 g/mol. The fourth-order valence-electron chi connectivity index (χ4n) is 1.56. The number of benzene rings is 1. The van der Waals surface area contributed by atoms with E-state index in [0.29, 0.717) is 12.7 Å². The molecule has 1 aliphatic heterocycles. The molecule has 1 atom stereocenters. The zero-order valence-corrected chi connectivity index (χ0v) is 8.51. The van der Waals surface area contributed by atoms with Crippen molar-refractivity contribution in [3.63, 3.8) is 0 Å². The lowest BCUT2D eigenvalue weighted by Crippen LogP contribution is -2.03. The number of ether oxygens (including phenoxy) is 2. The zero-order chi connectivity index (χ0) is 10.3. The molecule has 15 heavy (non-hydrogen) atoms. The molecule has 4 heteroatoms. The Labute approximate surface area is 87.4 Å². The van der Waals surface area contributed by atoms with Crippen molar-refractivity contribution in [1.82, 2.24) is 9.55 Å². The van der Waals surface area contributed by atoms with Crippen LogP contribution in [-0.4, -0.2) is 28.9 Å². The monoisotopic (exact) mass is 204 g/mol. The molecule has 0 spiro atoms. The van der Waals surface area contributed by atoms with Gasteiger partial charge < -0.3 is 14.0 Å². The molecule has 78 valence electrons. The molecule has 1 unspecified atom stereocenters. The van der Waals surface area contributed by atoms with Crippen LogP contribution >= 0.6 is 0 Å². The predicted molar refractivity (Wildman–Crippen MR) is 55.9 cm³/mol. The lowest BCUT2D eigenvalue weighted by atomic mass is 10.3. The van der Waals surface area contributed by atoms with E-state index < -0.39 is 0 Å². The molecule has 0 bridgehead atoms. The molecule has 1 saturated heterocycles. The fourth-order valence-corrected chi connectivity index (χ4v) is 1.56. The van der Waals surface area contributed by atoms with E-state index in [4.69, 9.17) is 9.47 Å². The van der Waals surface area contributed by atoms with Gasteiger partial charge in [-0.3, -0.25) is 0 Å². The van der Waals surface area contributed by atoms with Gasteiger partial charge in [0.05, 0.1) is 24.0 Å². The van der Waals surface area contributed by atoms with Crippen LogP contribution in [0, 0.1) is 0 Å². The third-order valence-corrected chi connectivity index (χ3v) is 2.54. The van der Waals surface area contributed by atoms with Crippen molar-refractivity contribution in [3.05, 3.63) is 24.5 Å². The first-order chi connectivity index (χ1) is 7.33. The van der Waals surface area contributed by atoms with Gasteiger partial charge in [0.2, 0.25) is 0 Å². The highest BCUT2D eigenvalue weighted by molar-refractivity contribution is 5.76. The van der Waals surface area contributed by atoms with E-state index >= 15 is 0 Å². The van der Waals surface area contributed by atoms with Crippen molar-refractivity contribution in [3.8, 4) is 5.75 Å². The summed E-state index contributed by atoms with van der Waals surface area (Å²) >= 11 is 0. The minimum Gasteiger partial charge on any atom is -0.491 e. The molecule has 0 amide bonds. The number of hydrogen-bond acceptors (Lipinski definition) is 3. The fraction of sp³-hybridized carbons (Fsp3) is 0.364. The summed E-state index contributed by atoms with van der Waals surface area (Å²) in [4.78, 5) is 4.27. The van der Waals surface area contributed by atoms with Crippen LogP contribution in [0.1, 0.15) is 0 Å². The molecule has 3 rings (SSSR count). The summed E-state index contributed by atoms with van der Waals surface area (Å²) < 4.78 is 12.6. The Bertz CT molecular complexity index is 488. The standard InChI is InChI=1S/C11H12N2O2/c1-13-7-12-10-4-8(2-3-11(10)13)14-5-9-6-15-9/h2-4,7,9H,5-6H2,1H3. The van der Waals surface area contributed by atoms with Crippen molar-refractivity contribution in [2.45, 2.75) is 6.10 Å². The lowest BCUT2D eigenvalue weighted by Gasteiger charge is -2.03. The van der Waals surface area contributed by atoms with E-state index in [1.807, 2.05) is 29.8 Å². The normalized spacial score (nSPS) is 19.4. The van der Waals surface area contributed by atoms with Gasteiger partial charge in [-0.25, -0.2) is 4.98 Å². The van der Waals surface area contributed by atoms with Crippen molar-refractivity contribution >= 4 is 11.0 Å². The Morgan fingerprint density at radius 3 is 3.27 bits per heavy atom. The SMILES string of the molecule is Cn1cnc2cc(OCC3CO3)ccc21. The van der Waals surface area contributed by atoms with Crippen molar-refractivity contribution in [2.75, 3.05) is 13.2 Å². The Morgan fingerprint density at radius 1 is 1.60 bits per heavy atom. The van der Waals surface area contributed by atoms with Gasteiger partial charge in [-0.2, -0.15) is 0 Å². The topological polar surface area (TPSA) is 39.6 Å². The number of aryl methyl sites for hydroxylation is 1. The summed E-state index contributed by atoms with van der Waals surface area (Å²) in [5.41, 5.74) is 2.08. The molecule has 0 radical (unpaired) electrons. The summed E-state index contributed by atoms with van der Waals surface area (Å²) in [6, 6.07) is 5.94. The van der Waals surface area contributed by atoms with Gasteiger partial charge in [-0.15, -0.1) is 0 Å². The third kappa shape index (κ3) is 1.68. The first-order valence-corrected chi connectivity index (χ1v) is 4.98. The third-order valence-electron chi connectivity index (χ3n) is 2.54. The molecule has 1 fully saturated rings. The number of rotatable bonds is 3. The first kappa shape index (κ1) is 8.73. The highest BCUT2D eigenvalue weighted by Gasteiger charge is 2.23. The van der Waals surface area contributed by atoms with Gasteiger partial charge >= 0.3 is 0 Å². The van der Waals surface area contributed by atoms with Gasteiger partial charge in [0, 0.05) is 13.1 Å². The summed E-state index contributed by atoms with van der Waals surface area (Å²) in [7, 11) is 1.98. The second-order valence-corrected chi connectivity index (χ2v) is 3.77. The van der Waals surface area contributed by atoms with Crippen LogP contribution < -0.4 is 4.74 Å². The molecular formula is C11H12N2O2. The van der Waals surface area contributed by atoms with Crippen LogP contribution in [0.3, 0.4) is 0 Å². The maximum atomic E-state index is 5.57. The molecule has 1 aromatic heterocycles. The van der Waals surface area contributed by atoms with E-state index in [1.165, 1.54) is 0 Å². The van der Waals surface area contributed by atoms with Crippen molar-refractivity contribution < 1.29 is 9.47 Å². The molecule has 0 aliphatic carbocycles. The van der Waals surface area contributed by atoms with Crippen LogP contribution in [0.2, 0.25) is 0 Å². The van der Waals surface area contributed by atoms with E-state index in [9.17, 15) is 0 Å². The number of hydrogen-bond donors (Lipinski definition) is 0. The predicted octanol–water partition coefficient (Wildman–Crippen LogP) is 1.35. The molecule has 0 saturated carbocycles. The average Bonchev–Trinajstić information content (AvgIpc) is 3.01. The summed E-state index contributed by atoms with van der Waals surface area (Å²) in [5.74, 6) is 0.858. The minimum atomic E-state index is 0.296. The van der Waals surface area contributed by atoms with Gasteiger partial charge in [0.15, 0.2) is 0 Å². The van der Waals surface area contributed by atoms with E-state index in [1.54, 1.807) is 6.33 Å². The largest absolute Gasteiger partial charge is 0.491 e. The van der Waals surface area contributed by atoms with E-state index in [2.05, 4.69) is 4.98 Å². The zero-order valence-electron chi connectivity index (χ0n) is 8.51. The van der Waals surface area contributed by atoms with Crippen molar-refractivity contribution in [1.29, 1.82) is 0 Å². The van der Waals surface area contributed by atoms with Crippen LogP contribution in [0.15, 0.2) is 24.5 Å². The van der Waals surface area contributed by atoms with Crippen LogP contribution in [-0.2, 0) is 11.8 Å². The van der Waals surface area contributed by atoms with E-state index in [-0.39, 0.29) is 0 Å². The Kier molecular flexibility index (Phi) is 1.89. The lowest BCUT2D eigenvalue weighted by molar-refractivity contribution is 0.263. The quantitative estimate of drug-likeness (QED) is 0.708. The Morgan fingerprint density at radius 2 is 2.47 bits per heavy atom. The van der Waals surface area contributed by atoms with Gasteiger partial charge in [0.1, 0.15) is 18.5 Å². The first-order valence-electron chi connectivity index (χ1n) is 4.98. The molecule has 1 aromatic carbocycles. The van der Waals surface area contributed by atoms with Crippen molar-refractivity contribution in [2.24, 2.45) is 7.05 Å². The summed E-state index contributed by atoms with van der Waals surface area (Å²) in [6.45, 7) is 1.46. The van der Waals surface area contributed by atoms with Gasteiger partial charge in [-0.05, 0) is 12.1 Å². The maximum Gasteiger partial charge on any atom is 0.121 e. The number of epoxide rings is 1. The highest BCUT2D eigenvalue weighted by Crippen LogP contribution is 2.20. The second-order valence-electron chi connectivity index (χ2n) is 3.77. The second kappa shape index (κ2) is 3.24. The minimum absolute atomic E-state index is 0.296. The molecule has 2 aromatic rings. The summed E-state index contributed by atoms with van der Waals surface area (Å²) in [5, 5.41) is 0. The number of nitrogens with zero attached hydrogens (tertiary/aromatic N) is 2. The van der Waals surface area contributed by atoms with Crippen LogP contribution in [0.25, 0.3) is 11.0 Å². The van der Waals surface area contributed by atoms with Crippen LogP contribution in [0.4, 0.5) is 0 Å². The summed E-state index contributed by atoms with van der Waals surface area (Å²) in [6.07, 6.45) is 2.10. The van der Waals surface area contributed by atoms with Crippen LogP contribution in [0.5, 0.6) is 5.75 Å². The van der Waals surface area contributed by atoms with E-state index in [0.717, 1.165) is 23.4 Å². The van der Waals surface area contributed by atoms with Gasteiger partial charge in [0.25, 0.3) is 0 Å². The highest BCUT2D eigenvalue weighted by atomic mass is 16.6. The Hall–Kier alpha value is -1.55. The maximum absolute atomic E-state index is 5.57.